The fourth-order valence-electron chi connectivity index (χ4n) is 1.71. The van der Waals surface area contributed by atoms with Gasteiger partial charge in [-0.15, -0.1) is 0 Å². The number of benzene rings is 1. The summed E-state index contributed by atoms with van der Waals surface area (Å²) in [4.78, 5) is 22.0. The fraction of sp³-hybridized carbons (Fsp3) is 0.273. The molecule has 0 aromatic heterocycles. The van der Waals surface area contributed by atoms with Crippen LogP contribution < -0.4 is 10.6 Å². The van der Waals surface area contributed by atoms with Crippen LogP contribution in [0.3, 0.4) is 0 Å². The summed E-state index contributed by atoms with van der Waals surface area (Å²) in [5.74, 6) is -1.80. The van der Waals surface area contributed by atoms with E-state index in [2.05, 4.69) is 10.6 Å². The minimum atomic E-state index is -0.987. The molecule has 0 saturated heterocycles. The van der Waals surface area contributed by atoms with Gasteiger partial charge in [-0.05, 0) is 18.6 Å². The number of rotatable bonds is 3. The van der Waals surface area contributed by atoms with Crippen LogP contribution in [0.25, 0.3) is 0 Å². The van der Waals surface area contributed by atoms with Crippen LogP contribution in [0.2, 0.25) is 0 Å². The van der Waals surface area contributed by atoms with Gasteiger partial charge >= 0.3 is 5.97 Å². The quantitative estimate of drug-likeness (QED) is 0.744. The first-order valence-corrected chi connectivity index (χ1v) is 5.15. The van der Waals surface area contributed by atoms with E-state index in [1.807, 2.05) is 0 Å². The van der Waals surface area contributed by atoms with Crippen LogP contribution in [-0.2, 0) is 9.59 Å². The first-order valence-electron chi connectivity index (χ1n) is 5.15. The number of aliphatic carboxylic acids is 1. The van der Waals surface area contributed by atoms with E-state index in [1.54, 1.807) is 6.07 Å². The molecule has 0 fully saturated rings. The second-order valence-corrected chi connectivity index (χ2v) is 3.78. The number of carboxylic acids is 1. The highest BCUT2D eigenvalue weighted by Gasteiger charge is 2.27. The summed E-state index contributed by atoms with van der Waals surface area (Å²) < 4.78 is 13.4. The number of amides is 1. The van der Waals surface area contributed by atoms with Crippen LogP contribution >= 0.6 is 0 Å². The van der Waals surface area contributed by atoms with E-state index in [0.29, 0.717) is 5.69 Å². The Labute approximate surface area is 96.6 Å². The minimum absolute atomic E-state index is 0.120. The topological polar surface area (TPSA) is 78.4 Å². The van der Waals surface area contributed by atoms with Gasteiger partial charge in [0.05, 0.1) is 11.4 Å². The highest BCUT2D eigenvalue weighted by molar-refractivity contribution is 6.03. The number of para-hydroxylation sites is 1. The Hall–Kier alpha value is -2.11. The lowest BCUT2D eigenvalue weighted by Gasteiger charge is -2.26. The lowest BCUT2D eigenvalue weighted by molar-refractivity contribution is -0.137. The van der Waals surface area contributed by atoms with Gasteiger partial charge < -0.3 is 15.7 Å². The SMILES string of the molecule is O=C(O)CCC1Nc2c(F)cccc2NC1=O. The molecule has 1 aromatic rings. The molecule has 1 unspecified atom stereocenters. The molecule has 1 aliphatic rings. The van der Waals surface area contributed by atoms with Gasteiger partial charge in [0.1, 0.15) is 11.9 Å². The molecule has 0 aliphatic carbocycles. The Morgan fingerprint density at radius 3 is 2.94 bits per heavy atom. The Morgan fingerprint density at radius 2 is 2.24 bits per heavy atom. The highest BCUT2D eigenvalue weighted by Crippen LogP contribution is 2.30. The van der Waals surface area contributed by atoms with Crippen molar-refractivity contribution >= 4 is 23.3 Å². The zero-order valence-corrected chi connectivity index (χ0v) is 8.87. The second-order valence-electron chi connectivity index (χ2n) is 3.78. The number of hydrogen-bond donors (Lipinski definition) is 3. The zero-order valence-electron chi connectivity index (χ0n) is 8.87. The standard InChI is InChI=1S/C11H11FN2O3/c12-6-2-1-3-7-10(6)13-8(11(17)14-7)4-5-9(15)16/h1-3,8,13H,4-5H2,(H,14,17)(H,15,16). The summed E-state index contributed by atoms with van der Waals surface area (Å²) >= 11 is 0. The molecule has 6 heteroatoms. The van der Waals surface area contributed by atoms with Gasteiger partial charge in [-0.2, -0.15) is 0 Å². The molecule has 17 heavy (non-hydrogen) atoms. The van der Waals surface area contributed by atoms with Crippen molar-refractivity contribution in [2.24, 2.45) is 0 Å². The van der Waals surface area contributed by atoms with E-state index in [-0.39, 0.29) is 24.4 Å². The molecule has 1 aromatic carbocycles. The Kier molecular flexibility index (Phi) is 2.95. The van der Waals surface area contributed by atoms with E-state index in [4.69, 9.17) is 5.11 Å². The normalized spacial score (nSPS) is 17.9. The van der Waals surface area contributed by atoms with Crippen molar-refractivity contribution in [3.8, 4) is 0 Å². The number of fused-ring (bicyclic) bond motifs is 1. The molecule has 3 N–H and O–H groups in total. The largest absolute Gasteiger partial charge is 0.481 e. The number of carbonyl (C=O) groups is 2. The van der Waals surface area contributed by atoms with Crippen molar-refractivity contribution in [1.29, 1.82) is 0 Å². The molecule has 0 saturated carbocycles. The van der Waals surface area contributed by atoms with Crippen molar-refractivity contribution in [2.45, 2.75) is 18.9 Å². The van der Waals surface area contributed by atoms with Gasteiger partial charge in [0.15, 0.2) is 0 Å². The molecular weight excluding hydrogens is 227 g/mol. The number of anilines is 2. The number of nitrogens with one attached hydrogen (secondary N) is 2. The Balaban J connectivity index is 2.17. The predicted octanol–water partition coefficient (Wildman–Crippen LogP) is 1.42. The van der Waals surface area contributed by atoms with Gasteiger partial charge in [-0.1, -0.05) is 6.07 Å². The van der Waals surface area contributed by atoms with Crippen LogP contribution in [0.4, 0.5) is 15.8 Å². The van der Waals surface area contributed by atoms with Crippen molar-refractivity contribution in [2.75, 3.05) is 10.6 Å². The van der Waals surface area contributed by atoms with Crippen molar-refractivity contribution < 1.29 is 19.1 Å². The third-order valence-corrected chi connectivity index (χ3v) is 2.55. The van der Waals surface area contributed by atoms with Gasteiger partial charge in [-0.3, -0.25) is 9.59 Å². The molecule has 0 bridgehead atoms. The lowest BCUT2D eigenvalue weighted by Crippen LogP contribution is -2.39. The average molecular weight is 238 g/mol. The van der Waals surface area contributed by atoms with Crippen LogP contribution in [0.1, 0.15) is 12.8 Å². The Bertz CT molecular complexity index is 476. The van der Waals surface area contributed by atoms with E-state index < -0.39 is 17.8 Å². The highest BCUT2D eigenvalue weighted by atomic mass is 19.1. The molecule has 1 aliphatic heterocycles. The van der Waals surface area contributed by atoms with E-state index in [1.165, 1.54) is 12.1 Å². The summed E-state index contributed by atoms with van der Waals surface area (Å²) in [5, 5.41) is 13.8. The maximum Gasteiger partial charge on any atom is 0.303 e. The van der Waals surface area contributed by atoms with Gasteiger partial charge in [0, 0.05) is 6.42 Å². The lowest BCUT2D eigenvalue weighted by atomic mass is 10.1. The summed E-state index contributed by atoms with van der Waals surface area (Å²) in [6.45, 7) is 0. The van der Waals surface area contributed by atoms with Gasteiger partial charge in [0.25, 0.3) is 0 Å². The molecule has 1 heterocycles. The van der Waals surface area contributed by atoms with E-state index in [0.717, 1.165) is 0 Å². The number of carboxylic acid groups (broad SMARTS) is 1. The third-order valence-electron chi connectivity index (χ3n) is 2.55. The summed E-state index contributed by atoms with van der Waals surface area (Å²) in [6, 6.07) is 3.64. The summed E-state index contributed by atoms with van der Waals surface area (Å²) in [6.07, 6.45) is -0.0240. The van der Waals surface area contributed by atoms with Gasteiger partial charge in [-0.25, -0.2) is 4.39 Å². The minimum Gasteiger partial charge on any atom is -0.481 e. The molecule has 0 spiro atoms. The molecule has 0 radical (unpaired) electrons. The number of hydrogen-bond acceptors (Lipinski definition) is 3. The second kappa shape index (κ2) is 4.40. The van der Waals surface area contributed by atoms with Crippen LogP contribution in [0, 0.1) is 5.82 Å². The van der Waals surface area contributed by atoms with E-state index in [9.17, 15) is 14.0 Å². The first-order chi connectivity index (χ1) is 8.08. The molecular formula is C11H11FN2O3. The van der Waals surface area contributed by atoms with Crippen LogP contribution in [0.5, 0.6) is 0 Å². The average Bonchev–Trinajstić information content (AvgIpc) is 2.27. The van der Waals surface area contributed by atoms with Crippen LogP contribution in [0.15, 0.2) is 18.2 Å². The third kappa shape index (κ3) is 2.35. The maximum absolute atomic E-state index is 13.4. The number of halogens is 1. The monoisotopic (exact) mass is 238 g/mol. The number of carbonyl (C=O) groups excluding carboxylic acids is 1. The molecule has 2 rings (SSSR count). The maximum atomic E-state index is 13.4. The van der Waals surface area contributed by atoms with Crippen molar-refractivity contribution in [3.05, 3.63) is 24.0 Å². The summed E-state index contributed by atoms with van der Waals surface area (Å²) in [5.41, 5.74) is 0.587. The summed E-state index contributed by atoms with van der Waals surface area (Å²) in [7, 11) is 0. The fourth-order valence-corrected chi connectivity index (χ4v) is 1.71. The molecule has 1 atom stereocenters. The van der Waals surface area contributed by atoms with E-state index >= 15 is 0 Å². The van der Waals surface area contributed by atoms with Gasteiger partial charge in [0.2, 0.25) is 5.91 Å². The zero-order chi connectivity index (χ0) is 12.4. The first kappa shape index (κ1) is 11.4. The van der Waals surface area contributed by atoms with Crippen LogP contribution in [-0.4, -0.2) is 23.0 Å². The molecule has 1 amide bonds. The predicted molar refractivity (Wildman–Crippen MR) is 59.3 cm³/mol. The van der Waals surface area contributed by atoms with Crippen molar-refractivity contribution in [3.63, 3.8) is 0 Å². The van der Waals surface area contributed by atoms with Crippen molar-refractivity contribution in [1.82, 2.24) is 0 Å². The molecule has 90 valence electrons. The Morgan fingerprint density at radius 1 is 1.47 bits per heavy atom. The molecule has 5 nitrogen and oxygen atoms in total. The smallest absolute Gasteiger partial charge is 0.303 e.